The van der Waals surface area contributed by atoms with Gasteiger partial charge in [0.25, 0.3) is 0 Å². The van der Waals surface area contributed by atoms with Crippen molar-refractivity contribution in [2.45, 2.75) is 44.6 Å². The van der Waals surface area contributed by atoms with Crippen molar-refractivity contribution in [2.75, 3.05) is 31.6 Å². The zero-order valence-corrected chi connectivity index (χ0v) is 16.1. The molecule has 0 radical (unpaired) electrons. The van der Waals surface area contributed by atoms with Crippen LogP contribution in [0.2, 0.25) is 0 Å². The Labute approximate surface area is 163 Å². The van der Waals surface area contributed by atoms with Crippen LogP contribution in [0.15, 0.2) is 18.2 Å². The van der Waals surface area contributed by atoms with E-state index in [4.69, 9.17) is 4.74 Å². The van der Waals surface area contributed by atoms with Crippen LogP contribution in [-0.2, 0) is 9.53 Å². The van der Waals surface area contributed by atoms with Gasteiger partial charge in [0.05, 0.1) is 11.3 Å². The molecule has 2 aliphatic rings. The molecule has 0 bridgehead atoms. The summed E-state index contributed by atoms with van der Waals surface area (Å²) >= 11 is 0. The van der Waals surface area contributed by atoms with Crippen LogP contribution in [0.3, 0.4) is 0 Å². The Bertz CT molecular complexity index is 721. The number of ether oxygens (including phenoxy) is 1. The Kier molecular flexibility index (Phi) is 6.49. The quantitative estimate of drug-likeness (QED) is 0.822. The number of piperidine rings is 1. The van der Waals surface area contributed by atoms with Gasteiger partial charge in [-0.05, 0) is 50.2 Å². The summed E-state index contributed by atoms with van der Waals surface area (Å²) in [4.78, 5) is 25.1. The molecule has 154 valence electrons. The monoisotopic (exact) mass is 395 g/mol. The molecule has 8 heteroatoms. The summed E-state index contributed by atoms with van der Waals surface area (Å²) in [5.41, 5.74) is -0.391. The zero-order chi connectivity index (χ0) is 20.1. The second-order valence-electron chi connectivity index (χ2n) is 7.70. The van der Waals surface area contributed by atoms with Gasteiger partial charge < -0.3 is 20.3 Å². The standard InChI is InChI=1S/C20H27F2N3O3/c1-14(26)23-8-4-15-5-11-28-20(13-15)6-9-25(10-7-20)19(27)24-18-12-16(21)2-3-17(18)22/h2-3,12,15H,4-11,13H2,1H3,(H,23,26)(H,24,27). The summed E-state index contributed by atoms with van der Waals surface area (Å²) in [6, 6.07) is 2.55. The molecule has 1 unspecified atom stereocenters. The zero-order valence-electron chi connectivity index (χ0n) is 16.1. The molecule has 1 atom stereocenters. The Balaban J connectivity index is 1.51. The van der Waals surface area contributed by atoms with Crippen molar-refractivity contribution in [3.63, 3.8) is 0 Å². The lowest BCUT2D eigenvalue weighted by molar-refractivity contribution is -0.124. The number of halogens is 2. The molecule has 0 aliphatic carbocycles. The summed E-state index contributed by atoms with van der Waals surface area (Å²) in [6.07, 6.45) is 4.24. The van der Waals surface area contributed by atoms with Gasteiger partial charge in [-0.3, -0.25) is 4.79 Å². The van der Waals surface area contributed by atoms with Crippen molar-refractivity contribution in [1.29, 1.82) is 0 Å². The number of anilines is 1. The van der Waals surface area contributed by atoms with E-state index in [9.17, 15) is 18.4 Å². The van der Waals surface area contributed by atoms with Crippen LogP contribution in [0.4, 0.5) is 19.3 Å². The fourth-order valence-corrected chi connectivity index (χ4v) is 4.08. The number of urea groups is 1. The van der Waals surface area contributed by atoms with Gasteiger partial charge in [-0.15, -0.1) is 0 Å². The molecule has 28 heavy (non-hydrogen) atoms. The average molecular weight is 395 g/mol. The summed E-state index contributed by atoms with van der Waals surface area (Å²) < 4.78 is 33.1. The van der Waals surface area contributed by atoms with Gasteiger partial charge >= 0.3 is 6.03 Å². The maximum atomic E-state index is 13.7. The first-order valence-electron chi connectivity index (χ1n) is 9.76. The number of amides is 3. The number of carbonyl (C=O) groups excluding carboxylic acids is 2. The first kappa shape index (κ1) is 20.5. The highest BCUT2D eigenvalue weighted by Gasteiger charge is 2.41. The number of benzene rings is 1. The molecule has 2 N–H and O–H groups in total. The first-order chi connectivity index (χ1) is 13.4. The van der Waals surface area contributed by atoms with E-state index in [1.54, 1.807) is 4.90 Å². The minimum Gasteiger partial charge on any atom is -0.375 e. The van der Waals surface area contributed by atoms with E-state index in [1.165, 1.54) is 6.92 Å². The maximum absolute atomic E-state index is 13.7. The molecule has 2 aliphatic heterocycles. The third kappa shape index (κ3) is 5.19. The number of likely N-dealkylation sites (tertiary alicyclic amines) is 1. The fraction of sp³-hybridized carbons (Fsp3) is 0.600. The lowest BCUT2D eigenvalue weighted by atomic mass is 9.78. The highest BCUT2D eigenvalue weighted by atomic mass is 19.1. The van der Waals surface area contributed by atoms with Crippen LogP contribution in [0.5, 0.6) is 0 Å². The van der Waals surface area contributed by atoms with Crippen LogP contribution in [0, 0.1) is 17.6 Å². The van der Waals surface area contributed by atoms with Gasteiger partial charge in [-0.2, -0.15) is 0 Å². The van der Waals surface area contributed by atoms with E-state index in [-0.39, 0.29) is 17.2 Å². The van der Waals surface area contributed by atoms with Crippen LogP contribution < -0.4 is 10.6 Å². The minimum absolute atomic E-state index is 0.0178. The second kappa shape index (κ2) is 8.86. The van der Waals surface area contributed by atoms with Gasteiger partial charge in [0.1, 0.15) is 11.6 Å². The van der Waals surface area contributed by atoms with E-state index in [2.05, 4.69) is 10.6 Å². The molecular formula is C20H27F2N3O3. The Hall–Kier alpha value is -2.22. The van der Waals surface area contributed by atoms with Crippen LogP contribution in [0.1, 0.15) is 39.0 Å². The maximum Gasteiger partial charge on any atom is 0.321 e. The van der Waals surface area contributed by atoms with E-state index in [1.807, 2.05) is 0 Å². The molecule has 6 nitrogen and oxygen atoms in total. The first-order valence-corrected chi connectivity index (χ1v) is 9.76. The highest BCUT2D eigenvalue weighted by Crippen LogP contribution is 2.38. The van der Waals surface area contributed by atoms with Crippen molar-refractivity contribution in [3.05, 3.63) is 29.8 Å². The largest absolute Gasteiger partial charge is 0.375 e. The van der Waals surface area contributed by atoms with Gasteiger partial charge in [0, 0.05) is 39.2 Å². The van der Waals surface area contributed by atoms with E-state index in [0.29, 0.717) is 45.0 Å². The molecule has 1 aromatic carbocycles. The second-order valence-corrected chi connectivity index (χ2v) is 7.70. The molecule has 1 spiro atoms. The minimum atomic E-state index is -0.666. The molecule has 3 rings (SSSR count). The molecular weight excluding hydrogens is 368 g/mol. The third-order valence-corrected chi connectivity index (χ3v) is 5.65. The summed E-state index contributed by atoms with van der Waals surface area (Å²) in [6.45, 7) is 3.87. The SMILES string of the molecule is CC(=O)NCCC1CCOC2(CCN(C(=O)Nc3cc(F)ccc3F)CC2)C1. The van der Waals surface area contributed by atoms with Crippen molar-refractivity contribution in [2.24, 2.45) is 5.92 Å². The number of hydrogen-bond donors (Lipinski definition) is 2. The lowest BCUT2D eigenvalue weighted by Crippen LogP contribution is -2.51. The summed E-state index contributed by atoms with van der Waals surface area (Å²) in [5.74, 6) is -0.797. The number of nitrogens with one attached hydrogen (secondary N) is 2. The molecule has 0 aromatic heterocycles. The van der Waals surface area contributed by atoms with Crippen molar-refractivity contribution in [1.82, 2.24) is 10.2 Å². The topological polar surface area (TPSA) is 70.7 Å². The molecule has 2 saturated heterocycles. The smallest absolute Gasteiger partial charge is 0.321 e. The van der Waals surface area contributed by atoms with E-state index >= 15 is 0 Å². The van der Waals surface area contributed by atoms with Crippen LogP contribution >= 0.6 is 0 Å². The molecule has 1 aromatic rings. The van der Waals surface area contributed by atoms with Gasteiger partial charge in [0.15, 0.2) is 0 Å². The normalized spacial score (nSPS) is 21.4. The number of hydrogen-bond acceptors (Lipinski definition) is 3. The summed E-state index contributed by atoms with van der Waals surface area (Å²) in [7, 11) is 0. The van der Waals surface area contributed by atoms with E-state index < -0.39 is 17.7 Å². The predicted octanol–water partition coefficient (Wildman–Crippen LogP) is 3.28. The molecule has 2 heterocycles. The van der Waals surface area contributed by atoms with Crippen LogP contribution in [-0.4, -0.2) is 48.7 Å². The van der Waals surface area contributed by atoms with Gasteiger partial charge in [0.2, 0.25) is 5.91 Å². The highest BCUT2D eigenvalue weighted by molar-refractivity contribution is 5.89. The Morgan fingerprint density at radius 1 is 1.29 bits per heavy atom. The van der Waals surface area contributed by atoms with Crippen LogP contribution in [0.25, 0.3) is 0 Å². The van der Waals surface area contributed by atoms with Crippen molar-refractivity contribution < 1.29 is 23.1 Å². The molecule has 3 amide bonds. The summed E-state index contributed by atoms with van der Waals surface area (Å²) in [5, 5.41) is 5.29. The number of carbonyl (C=O) groups is 2. The Morgan fingerprint density at radius 3 is 2.75 bits per heavy atom. The van der Waals surface area contributed by atoms with Gasteiger partial charge in [-0.1, -0.05) is 0 Å². The van der Waals surface area contributed by atoms with Crippen molar-refractivity contribution >= 4 is 17.6 Å². The Morgan fingerprint density at radius 2 is 2.04 bits per heavy atom. The predicted molar refractivity (Wildman–Crippen MR) is 101 cm³/mol. The fourth-order valence-electron chi connectivity index (χ4n) is 4.08. The molecule has 0 saturated carbocycles. The van der Waals surface area contributed by atoms with E-state index in [0.717, 1.165) is 37.5 Å². The molecule has 2 fully saturated rings. The number of rotatable bonds is 4. The third-order valence-electron chi connectivity index (χ3n) is 5.65. The van der Waals surface area contributed by atoms with Gasteiger partial charge in [-0.25, -0.2) is 13.6 Å². The van der Waals surface area contributed by atoms with Crippen molar-refractivity contribution in [3.8, 4) is 0 Å². The average Bonchev–Trinajstić information content (AvgIpc) is 2.65. The number of nitrogens with zero attached hydrogens (tertiary/aromatic N) is 1. The lowest BCUT2D eigenvalue weighted by Gasteiger charge is -2.46.